The first-order chi connectivity index (χ1) is 10.8. The maximum atomic E-state index is 13.3. The molecular weight excluding hydrogens is 305 g/mol. The summed E-state index contributed by atoms with van der Waals surface area (Å²) in [5.74, 6) is -2.62. The van der Waals surface area contributed by atoms with Crippen molar-refractivity contribution in [2.24, 2.45) is 5.10 Å². The lowest BCUT2D eigenvalue weighted by molar-refractivity contribution is -0.141. The molecule has 1 aromatic rings. The Bertz CT molecular complexity index is 702. The molecular formula is C15H16FN3O4. The van der Waals surface area contributed by atoms with E-state index in [1.165, 1.54) is 26.1 Å². The molecule has 23 heavy (non-hydrogen) atoms. The molecule has 0 aromatic heterocycles. The monoisotopic (exact) mass is 321 g/mol. The minimum Gasteiger partial charge on any atom is -0.479 e. The van der Waals surface area contributed by atoms with Crippen molar-refractivity contribution in [2.75, 3.05) is 7.05 Å². The van der Waals surface area contributed by atoms with Crippen molar-refractivity contribution in [3.8, 4) is 0 Å². The van der Waals surface area contributed by atoms with E-state index in [9.17, 15) is 23.9 Å². The number of hydrazone groups is 1. The first kappa shape index (κ1) is 16.6. The van der Waals surface area contributed by atoms with E-state index < -0.39 is 23.7 Å². The normalized spacial score (nSPS) is 15.9. The predicted octanol–water partition coefficient (Wildman–Crippen LogP) is 0.984. The number of benzene rings is 1. The quantitative estimate of drug-likeness (QED) is 0.863. The third-order valence-electron chi connectivity index (χ3n) is 3.51. The number of carbonyl (C=O) groups excluding carboxylic acids is 2. The van der Waals surface area contributed by atoms with Crippen molar-refractivity contribution in [3.63, 3.8) is 0 Å². The highest BCUT2D eigenvalue weighted by molar-refractivity contribution is 6.39. The topological polar surface area (TPSA) is 99.1 Å². The zero-order valence-corrected chi connectivity index (χ0v) is 12.7. The van der Waals surface area contributed by atoms with Gasteiger partial charge in [-0.3, -0.25) is 9.59 Å². The van der Waals surface area contributed by atoms with Crippen LogP contribution >= 0.6 is 0 Å². The molecule has 1 heterocycles. The summed E-state index contributed by atoms with van der Waals surface area (Å²) in [6.45, 7) is 1.51. The van der Waals surface area contributed by atoms with Crippen molar-refractivity contribution in [1.29, 1.82) is 0 Å². The molecule has 2 rings (SSSR count). The lowest BCUT2D eigenvalue weighted by atomic mass is 10.0. The Morgan fingerprint density at radius 1 is 1.39 bits per heavy atom. The van der Waals surface area contributed by atoms with Crippen LogP contribution in [0.3, 0.4) is 0 Å². The first-order valence-corrected chi connectivity index (χ1v) is 6.93. The molecule has 122 valence electrons. The van der Waals surface area contributed by atoms with Crippen LogP contribution in [0.5, 0.6) is 0 Å². The number of halogens is 1. The minimum absolute atomic E-state index is 0.0807. The van der Waals surface area contributed by atoms with Crippen LogP contribution in [0.2, 0.25) is 0 Å². The van der Waals surface area contributed by atoms with Crippen molar-refractivity contribution >= 4 is 23.5 Å². The van der Waals surface area contributed by atoms with Gasteiger partial charge in [-0.2, -0.15) is 5.10 Å². The summed E-state index contributed by atoms with van der Waals surface area (Å²) in [5.41, 5.74) is 0.617. The molecule has 2 amide bonds. The summed E-state index contributed by atoms with van der Waals surface area (Å²) in [6.07, 6.45) is 0.278. The van der Waals surface area contributed by atoms with E-state index in [1.54, 1.807) is 0 Å². The van der Waals surface area contributed by atoms with Crippen LogP contribution in [0.4, 0.5) is 4.39 Å². The number of aryl methyl sites for hydroxylation is 1. The average molecular weight is 321 g/mol. The highest BCUT2D eigenvalue weighted by Gasteiger charge is 2.27. The predicted molar refractivity (Wildman–Crippen MR) is 79.1 cm³/mol. The second-order valence-corrected chi connectivity index (χ2v) is 5.22. The Morgan fingerprint density at radius 2 is 2.09 bits per heavy atom. The van der Waals surface area contributed by atoms with Gasteiger partial charge in [-0.1, -0.05) is 12.1 Å². The van der Waals surface area contributed by atoms with E-state index in [0.29, 0.717) is 0 Å². The van der Waals surface area contributed by atoms with Gasteiger partial charge in [0.15, 0.2) is 6.04 Å². The second-order valence-electron chi connectivity index (χ2n) is 5.22. The summed E-state index contributed by atoms with van der Waals surface area (Å²) in [5, 5.41) is 16.6. The van der Waals surface area contributed by atoms with E-state index in [0.717, 1.165) is 11.1 Å². The summed E-state index contributed by atoms with van der Waals surface area (Å²) < 4.78 is 13.3. The molecule has 1 unspecified atom stereocenters. The minimum atomic E-state index is -1.33. The SMILES string of the molecule is Cc1cc(C(NC(=O)C2=NN(C)C(=O)CC2)C(=O)O)ccc1F. The number of carboxylic acid groups (broad SMARTS) is 1. The Hall–Kier alpha value is -2.77. The van der Waals surface area contributed by atoms with Gasteiger partial charge in [0.2, 0.25) is 5.91 Å². The molecule has 0 radical (unpaired) electrons. The lowest BCUT2D eigenvalue weighted by Gasteiger charge is -2.21. The molecule has 0 bridgehead atoms. The van der Waals surface area contributed by atoms with Crippen LogP contribution in [-0.4, -0.2) is 40.7 Å². The maximum Gasteiger partial charge on any atom is 0.330 e. The highest BCUT2D eigenvalue weighted by atomic mass is 19.1. The summed E-state index contributed by atoms with van der Waals surface area (Å²) in [4.78, 5) is 34.9. The number of hydrogen-bond acceptors (Lipinski definition) is 4. The summed E-state index contributed by atoms with van der Waals surface area (Å²) in [6, 6.07) is 2.50. The van der Waals surface area contributed by atoms with E-state index in [4.69, 9.17) is 0 Å². The van der Waals surface area contributed by atoms with Crippen LogP contribution < -0.4 is 5.32 Å². The molecule has 0 saturated heterocycles. The van der Waals surface area contributed by atoms with Crippen molar-refractivity contribution in [3.05, 3.63) is 35.1 Å². The Morgan fingerprint density at radius 3 is 2.65 bits per heavy atom. The molecule has 0 fully saturated rings. The summed E-state index contributed by atoms with van der Waals surface area (Å²) in [7, 11) is 1.42. The second kappa shape index (κ2) is 6.55. The third-order valence-corrected chi connectivity index (χ3v) is 3.51. The smallest absolute Gasteiger partial charge is 0.330 e. The summed E-state index contributed by atoms with van der Waals surface area (Å²) >= 11 is 0. The highest BCUT2D eigenvalue weighted by Crippen LogP contribution is 2.18. The van der Waals surface area contributed by atoms with Gasteiger partial charge >= 0.3 is 5.97 Å². The number of aliphatic carboxylic acids is 1. The first-order valence-electron chi connectivity index (χ1n) is 6.93. The number of nitrogens with zero attached hydrogens (tertiary/aromatic N) is 2. The molecule has 7 nitrogen and oxygen atoms in total. The molecule has 2 N–H and O–H groups in total. The van der Waals surface area contributed by atoms with Gasteiger partial charge in [-0.15, -0.1) is 0 Å². The fourth-order valence-electron chi connectivity index (χ4n) is 2.18. The molecule has 8 heteroatoms. The van der Waals surface area contributed by atoms with E-state index in [1.807, 2.05) is 0 Å². The van der Waals surface area contributed by atoms with Crippen molar-refractivity contribution < 1.29 is 23.9 Å². The number of nitrogens with one attached hydrogen (secondary N) is 1. The van der Waals surface area contributed by atoms with Crippen molar-refractivity contribution in [1.82, 2.24) is 10.3 Å². The Labute approximate surface area is 131 Å². The van der Waals surface area contributed by atoms with E-state index in [-0.39, 0.29) is 35.6 Å². The molecule has 1 aromatic carbocycles. The Kier molecular flexibility index (Phi) is 4.73. The van der Waals surface area contributed by atoms with Gasteiger partial charge in [-0.25, -0.2) is 14.2 Å². The Balaban J connectivity index is 2.21. The zero-order valence-electron chi connectivity index (χ0n) is 12.7. The number of carbonyl (C=O) groups is 3. The molecule has 0 saturated carbocycles. The molecule has 1 aliphatic rings. The average Bonchev–Trinajstić information content (AvgIpc) is 2.50. The number of hydrogen-bond donors (Lipinski definition) is 2. The van der Waals surface area contributed by atoms with Gasteiger partial charge in [0, 0.05) is 19.9 Å². The van der Waals surface area contributed by atoms with Gasteiger partial charge < -0.3 is 10.4 Å². The molecule has 1 aliphatic heterocycles. The maximum absolute atomic E-state index is 13.3. The standard InChI is InChI=1S/C15H16FN3O4/c1-8-7-9(3-4-10(8)16)13(15(22)23)17-14(21)11-5-6-12(20)19(2)18-11/h3-4,7,13H,5-6H2,1-2H3,(H,17,21)(H,22,23). The van der Waals surface area contributed by atoms with Crippen LogP contribution in [0.1, 0.15) is 30.0 Å². The molecule has 0 aliphatic carbocycles. The van der Waals surface area contributed by atoms with Crippen LogP contribution in [0.25, 0.3) is 0 Å². The van der Waals surface area contributed by atoms with Crippen molar-refractivity contribution in [2.45, 2.75) is 25.8 Å². The number of rotatable bonds is 4. The van der Waals surface area contributed by atoms with Crippen LogP contribution in [-0.2, 0) is 14.4 Å². The van der Waals surface area contributed by atoms with Crippen LogP contribution in [0, 0.1) is 12.7 Å². The van der Waals surface area contributed by atoms with Gasteiger partial charge in [0.05, 0.1) is 0 Å². The van der Waals surface area contributed by atoms with Crippen LogP contribution in [0.15, 0.2) is 23.3 Å². The zero-order chi connectivity index (χ0) is 17.1. The van der Waals surface area contributed by atoms with E-state index in [2.05, 4.69) is 10.4 Å². The fraction of sp³-hybridized carbons (Fsp3) is 0.333. The van der Waals surface area contributed by atoms with Gasteiger partial charge in [0.1, 0.15) is 11.5 Å². The molecule has 1 atom stereocenters. The van der Waals surface area contributed by atoms with E-state index >= 15 is 0 Å². The number of carboxylic acids is 1. The van der Waals surface area contributed by atoms with Gasteiger partial charge in [0.25, 0.3) is 5.91 Å². The fourth-order valence-corrected chi connectivity index (χ4v) is 2.18. The lowest BCUT2D eigenvalue weighted by Crippen LogP contribution is -2.41. The largest absolute Gasteiger partial charge is 0.479 e. The van der Waals surface area contributed by atoms with Gasteiger partial charge in [-0.05, 0) is 24.1 Å². The molecule has 0 spiro atoms. The number of amides is 2. The third kappa shape index (κ3) is 3.71.